The number of aromatic nitrogens is 2. The summed E-state index contributed by atoms with van der Waals surface area (Å²) in [5.41, 5.74) is 0.842. The van der Waals surface area contributed by atoms with Crippen LogP contribution in [0.1, 0.15) is 5.56 Å². The Hall–Kier alpha value is -2.19. The molecule has 1 atom stereocenters. The van der Waals surface area contributed by atoms with Gasteiger partial charge in [-0.05, 0) is 18.1 Å². The van der Waals surface area contributed by atoms with Gasteiger partial charge in [0.05, 0.1) is 12.1 Å². The monoisotopic (exact) mass is 323 g/mol. The normalized spacial score (nSPS) is 13.0. The number of sulfonamides is 1. The molecule has 0 amide bonds. The van der Waals surface area contributed by atoms with Crippen LogP contribution >= 0.6 is 0 Å². The smallest absolute Gasteiger partial charge is 0.308 e. The fourth-order valence-corrected chi connectivity index (χ4v) is 3.26. The SMILES string of the molecule is Cn1nccc1S(=O)(=O)NCC(Cc1ccccc1)C(=O)O. The molecule has 0 fully saturated rings. The van der Waals surface area contributed by atoms with Crippen LogP contribution in [-0.4, -0.2) is 35.8 Å². The van der Waals surface area contributed by atoms with Gasteiger partial charge in [-0.3, -0.25) is 9.48 Å². The molecule has 1 unspecified atom stereocenters. The van der Waals surface area contributed by atoms with Crippen molar-refractivity contribution in [2.24, 2.45) is 13.0 Å². The predicted molar refractivity (Wildman–Crippen MR) is 79.7 cm³/mol. The molecule has 0 radical (unpaired) electrons. The molecule has 7 nitrogen and oxygen atoms in total. The van der Waals surface area contributed by atoms with Crippen LogP contribution in [0.4, 0.5) is 0 Å². The van der Waals surface area contributed by atoms with Crippen molar-refractivity contribution in [2.45, 2.75) is 11.4 Å². The lowest BCUT2D eigenvalue weighted by atomic mass is 10.00. The molecular formula is C14H17N3O4S. The van der Waals surface area contributed by atoms with Gasteiger partial charge in [0.2, 0.25) is 0 Å². The summed E-state index contributed by atoms with van der Waals surface area (Å²) < 4.78 is 27.8. The molecule has 2 rings (SSSR count). The van der Waals surface area contributed by atoms with E-state index in [-0.39, 0.29) is 18.0 Å². The summed E-state index contributed by atoms with van der Waals surface area (Å²) in [4.78, 5) is 11.3. The third-order valence-corrected chi connectivity index (χ3v) is 4.74. The highest BCUT2D eigenvalue weighted by Gasteiger charge is 2.23. The largest absolute Gasteiger partial charge is 0.481 e. The molecular weight excluding hydrogens is 306 g/mol. The fraction of sp³-hybridized carbons (Fsp3) is 0.286. The summed E-state index contributed by atoms with van der Waals surface area (Å²) in [6.07, 6.45) is 1.62. The van der Waals surface area contributed by atoms with E-state index in [2.05, 4.69) is 9.82 Å². The average Bonchev–Trinajstić information content (AvgIpc) is 2.91. The molecule has 0 aliphatic rings. The van der Waals surface area contributed by atoms with Crippen LogP contribution in [0.5, 0.6) is 0 Å². The number of carboxylic acid groups (broad SMARTS) is 1. The molecule has 118 valence electrons. The van der Waals surface area contributed by atoms with Crippen LogP contribution in [0.25, 0.3) is 0 Å². The molecule has 0 bridgehead atoms. The van der Waals surface area contributed by atoms with Crippen molar-refractivity contribution in [3.8, 4) is 0 Å². The highest BCUT2D eigenvalue weighted by molar-refractivity contribution is 7.89. The van der Waals surface area contributed by atoms with E-state index < -0.39 is 21.9 Å². The first-order valence-corrected chi connectivity index (χ1v) is 8.13. The van der Waals surface area contributed by atoms with Gasteiger partial charge >= 0.3 is 5.97 Å². The molecule has 2 N–H and O–H groups in total. The molecule has 22 heavy (non-hydrogen) atoms. The molecule has 1 aromatic heterocycles. The van der Waals surface area contributed by atoms with Crippen LogP contribution in [0, 0.1) is 5.92 Å². The van der Waals surface area contributed by atoms with E-state index in [0.717, 1.165) is 5.56 Å². The number of carbonyl (C=O) groups is 1. The first-order valence-electron chi connectivity index (χ1n) is 6.64. The minimum Gasteiger partial charge on any atom is -0.481 e. The molecule has 8 heteroatoms. The van der Waals surface area contributed by atoms with E-state index in [1.54, 1.807) is 0 Å². The number of benzene rings is 1. The zero-order chi connectivity index (χ0) is 16.2. The van der Waals surface area contributed by atoms with E-state index in [0.29, 0.717) is 0 Å². The average molecular weight is 323 g/mol. The lowest BCUT2D eigenvalue weighted by Crippen LogP contribution is -2.34. The Morgan fingerprint density at radius 3 is 2.55 bits per heavy atom. The van der Waals surface area contributed by atoms with Crippen LogP contribution in [-0.2, 0) is 28.3 Å². The third-order valence-electron chi connectivity index (χ3n) is 3.25. The van der Waals surface area contributed by atoms with Crippen molar-refractivity contribution < 1.29 is 18.3 Å². The quantitative estimate of drug-likeness (QED) is 0.779. The molecule has 0 saturated carbocycles. The van der Waals surface area contributed by atoms with Gasteiger partial charge in [-0.15, -0.1) is 0 Å². The van der Waals surface area contributed by atoms with Crippen LogP contribution in [0.15, 0.2) is 47.6 Å². The summed E-state index contributed by atoms with van der Waals surface area (Å²) in [7, 11) is -2.27. The van der Waals surface area contributed by atoms with Gasteiger partial charge in [0.1, 0.15) is 0 Å². The zero-order valence-electron chi connectivity index (χ0n) is 12.0. The lowest BCUT2D eigenvalue weighted by Gasteiger charge is -2.14. The summed E-state index contributed by atoms with van der Waals surface area (Å²) in [5.74, 6) is -1.89. The second-order valence-corrected chi connectivity index (χ2v) is 6.58. The number of nitrogens with zero attached hydrogens (tertiary/aromatic N) is 2. The number of hydrogen-bond acceptors (Lipinski definition) is 4. The minimum atomic E-state index is -3.78. The fourth-order valence-electron chi connectivity index (χ4n) is 2.06. The molecule has 0 aliphatic carbocycles. The summed E-state index contributed by atoms with van der Waals surface area (Å²) in [6.45, 7) is -0.183. The van der Waals surface area contributed by atoms with Crippen LogP contribution in [0.2, 0.25) is 0 Å². The summed E-state index contributed by atoms with van der Waals surface area (Å²) in [6, 6.07) is 10.4. The third kappa shape index (κ3) is 3.92. The van der Waals surface area contributed by atoms with Gasteiger partial charge in [-0.25, -0.2) is 13.1 Å². The van der Waals surface area contributed by atoms with Crippen molar-refractivity contribution in [2.75, 3.05) is 6.54 Å². The Balaban J connectivity index is 2.06. The number of rotatable bonds is 7. The minimum absolute atomic E-state index is 0.00338. The van der Waals surface area contributed by atoms with E-state index in [1.165, 1.54) is 24.0 Å². The Kier molecular flexibility index (Phi) is 4.94. The Bertz CT molecular complexity index is 740. The Labute approximate surface area is 128 Å². The number of hydrogen-bond donors (Lipinski definition) is 2. The standard InChI is InChI=1S/C14H17N3O4S/c1-17-13(7-8-15-17)22(20,21)16-10-12(14(18)19)9-11-5-3-2-4-6-11/h2-8,12,16H,9-10H2,1H3,(H,18,19). The topological polar surface area (TPSA) is 101 Å². The van der Waals surface area contributed by atoms with Gasteiger partial charge in [0, 0.05) is 13.6 Å². The first kappa shape index (κ1) is 16.2. The van der Waals surface area contributed by atoms with Crippen LogP contribution < -0.4 is 4.72 Å². The Morgan fingerprint density at radius 2 is 2.00 bits per heavy atom. The van der Waals surface area contributed by atoms with E-state index in [4.69, 9.17) is 0 Å². The van der Waals surface area contributed by atoms with Gasteiger partial charge in [0.25, 0.3) is 10.0 Å². The summed E-state index contributed by atoms with van der Waals surface area (Å²) in [5, 5.41) is 13.1. The predicted octanol–water partition coefficient (Wildman–Crippen LogP) is 0.642. The maximum absolute atomic E-state index is 12.1. The molecule has 0 spiro atoms. The highest BCUT2D eigenvalue weighted by atomic mass is 32.2. The van der Waals surface area contributed by atoms with Crippen molar-refractivity contribution in [1.29, 1.82) is 0 Å². The van der Waals surface area contributed by atoms with Gasteiger partial charge in [0.15, 0.2) is 5.03 Å². The summed E-state index contributed by atoms with van der Waals surface area (Å²) >= 11 is 0. The number of nitrogens with one attached hydrogen (secondary N) is 1. The molecule has 0 saturated heterocycles. The molecule has 1 aromatic carbocycles. The number of aliphatic carboxylic acids is 1. The Morgan fingerprint density at radius 1 is 1.32 bits per heavy atom. The van der Waals surface area contributed by atoms with E-state index in [9.17, 15) is 18.3 Å². The molecule has 1 heterocycles. The zero-order valence-corrected chi connectivity index (χ0v) is 12.8. The van der Waals surface area contributed by atoms with Crippen molar-refractivity contribution in [3.05, 3.63) is 48.2 Å². The number of aryl methyl sites for hydroxylation is 1. The second kappa shape index (κ2) is 6.71. The maximum atomic E-state index is 12.1. The van der Waals surface area contributed by atoms with E-state index >= 15 is 0 Å². The van der Waals surface area contributed by atoms with Crippen molar-refractivity contribution in [3.63, 3.8) is 0 Å². The molecule has 0 aliphatic heterocycles. The first-order chi connectivity index (χ1) is 10.4. The number of carboxylic acids is 1. The molecule has 2 aromatic rings. The second-order valence-electron chi connectivity index (χ2n) is 4.87. The lowest BCUT2D eigenvalue weighted by molar-refractivity contribution is -0.141. The van der Waals surface area contributed by atoms with Gasteiger partial charge in [-0.2, -0.15) is 5.10 Å². The van der Waals surface area contributed by atoms with Crippen molar-refractivity contribution in [1.82, 2.24) is 14.5 Å². The van der Waals surface area contributed by atoms with Gasteiger partial charge < -0.3 is 5.11 Å². The van der Waals surface area contributed by atoms with Gasteiger partial charge in [-0.1, -0.05) is 30.3 Å². The van der Waals surface area contributed by atoms with Crippen LogP contribution in [0.3, 0.4) is 0 Å². The maximum Gasteiger partial charge on any atom is 0.308 e. The van der Waals surface area contributed by atoms with Crippen molar-refractivity contribution >= 4 is 16.0 Å². The van der Waals surface area contributed by atoms with E-state index in [1.807, 2.05) is 30.3 Å². The highest BCUT2D eigenvalue weighted by Crippen LogP contribution is 2.11.